The summed E-state index contributed by atoms with van der Waals surface area (Å²) in [6.07, 6.45) is 2.91. The molecule has 0 radical (unpaired) electrons. The van der Waals surface area contributed by atoms with E-state index in [1.165, 1.54) is 12.1 Å². The minimum Gasteiger partial charge on any atom is -0.369 e. The summed E-state index contributed by atoms with van der Waals surface area (Å²) in [6.45, 7) is 2.29. The SMILES string of the molecule is Cc1nc(N)[nH]c(=O)c1CCCN=Cc1ccc([N+](=O)[O-])cc1. The standard InChI is InChI=1S/C15H17N5O3/c1-10-13(14(21)19-15(16)18-10)3-2-8-17-9-11-4-6-12(7-5-11)20(22)23/h4-7,9H,2-3,8H2,1H3,(H3,16,18,19,21). The molecule has 1 aromatic heterocycles. The topological polar surface area (TPSA) is 127 Å². The number of nitrogens with zero attached hydrogens (tertiary/aromatic N) is 3. The van der Waals surface area contributed by atoms with Gasteiger partial charge in [0, 0.05) is 36.1 Å². The Morgan fingerprint density at radius 2 is 2.09 bits per heavy atom. The number of aryl methyl sites for hydroxylation is 1. The smallest absolute Gasteiger partial charge is 0.269 e. The zero-order valence-corrected chi connectivity index (χ0v) is 12.7. The second-order valence-electron chi connectivity index (χ2n) is 5.00. The number of non-ortho nitro benzene ring substituents is 1. The molecule has 1 heterocycles. The highest BCUT2D eigenvalue weighted by Gasteiger charge is 2.06. The molecule has 0 aliphatic carbocycles. The fourth-order valence-electron chi connectivity index (χ4n) is 2.13. The molecule has 2 rings (SSSR count). The molecule has 3 N–H and O–H groups in total. The lowest BCUT2D eigenvalue weighted by atomic mass is 10.1. The first-order valence-corrected chi connectivity index (χ1v) is 7.07. The van der Waals surface area contributed by atoms with Gasteiger partial charge in [-0.25, -0.2) is 4.98 Å². The number of rotatable bonds is 6. The Balaban J connectivity index is 1.88. The van der Waals surface area contributed by atoms with Crippen molar-refractivity contribution in [3.8, 4) is 0 Å². The molecule has 8 nitrogen and oxygen atoms in total. The molecule has 120 valence electrons. The molecule has 0 unspecified atom stereocenters. The average molecular weight is 315 g/mol. The molecular formula is C15H17N5O3. The van der Waals surface area contributed by atoms with E-state index < -0.39 is 4.92 Å². The molecule has 0 atom stereocenters. The van der Waals surface area contributed by atoms with E-state index in [2.05, 4.69) is 15.0 Å². The molecule has 0 amide bonds. The molecule has 23 heavy (non-hydrogen) atoms. The summed E-state index contributed by atoms with van der Waals surface area (Å²) in [7, 11) is 0. The van der Waals surface area contributed by atoms with Gasteiger partial charge in [-0.05, 0) is 37.5 Å². The van der Waals surface area contributed by atoms with Crippen molar-refractivity contribution in [2.24, 2.45) is 4.99 Å². The Kier molecular flexibility index (Phi) is 5.19. The molecule has 2 aromatic rings. The van der Waals surface area contributed by atoms with Crippen molar-refractivity contribution in [1.82, 2.24) is 9.97 Å². The maximum absolute atomic E-state index is 11.8. The van der Waals surface area contributed by atoms with E-state index >= 15 is 0 Å². The van der Waals surface area contributed by atoms with Crippen LogP contribution in [0, 0.1) is 17.0 Å². The number of H-pyrrole nitrogens is 1. The highest BCUT2D eigenvalue weighted by atomic mass is 16.6. The minimum absolute atomic E-state index is 0.0488. The number of aromatic nitrogens is 2. The summed E-state index contributed by atoms with van der Waals surface area (Å²) in [5.74, 6) is 0.118. The summed E-state index contributed by atoms with van der Waals surface area (Å²) >= 11 is 0. The van der Waals surface area contributed by atoms with Crippen LogP contribution < -0.4 is 11.3 Å². The lowest BCUT2D eigenvalue weighted by Gasteiger charge is -2.03. The van der Waals surface area contributed by atoms with Gasteiger partial charge < -0.3 is 5.73 Å². The molecule has 1 aromatic carbocycles. The zero-order valence-electron chi connectivity index (χ0n) is 12.7. The van der Waals surface area contributed by atoms with Gasteiger partial charge >= 0.3 is 0 Å². The predicted octanol–water partition coefficient (Wildman–Crippen LogP) is 1.62. The van der Waals surface area contributed by atoms with Crippen LogP contribution in [-0.4, -0.2) is 27.7 Å². The molecule has 0 aliphatic rings. The Morgan fingerprint density at radius 3 is 2.70 bits per heavy atom. The number of hydrogen-bond donors (Lipinski definition) is 2. The van der Waals surface area contributed by atoms with Crippen LogP contribution in [0.2, 0.25) is 0 Å². The van der Waals surface area contributed by atoms with Gasteiger partial charge in [-0.2, -0.15) is 0 Å². The monoisotopic (exact) mass is 315 g/mol. The molecule has 0 aliphatic heterocycles. The van der Waals surface area contributed by atoms with Crippen molar-refractivity contribution in [3.05, 3.63) is 61.6 Å². The second-order valence-corrected chi connectivity index (χ2v) is 5.00. The van der Waals surface area contributed by atoms with E-state index in [0.29, 0.717) is 30.6 Å². The van der Waals surface area contributed by atoms with Gasteiger partial charge in [-0.15, -0.1) is 0 Å². The summed E-state index contributed by atoms with van der Waals surface area (Å²) in [4.78, 5) is 32.6. The lowest BCUT2D eigenvalue weighted by Crippen LogP contribution is -2.18. The van der Waals surface area contributed by atoms with Gasteiger partial charge in [0.2, 0.25) is 5.95 Å². The molecule has 0 bridgehead atoms. The van der Waals surface area contributed by atoms with Crippen molar-refractivity contribution in [1.29, 1.82) is 0 Å². The highest BCUT2D eigenvalue weighted by Crippen LogP contribution is 2.10. The highest BCUT2D eigenvalue weighted by molar-refractivity contribution is 5.79. The third-order valence-corrected chi connectivity index (χ3v) is 3.30. The third-order valence-electron chi connectivity index (χ3n) is 3.30. The van der Waals surface area contributed by atoms with Crippen LogP contribution in [0.15, 0.2) is 34.1 Å². The summed E-state index contributed by atoms with van der Waals surface area (Å²) in [5.41, 5.74) is 7.34. The van der Waals surface area contributed by atoms with Crippen LogP contribution in [0.3, 0.4) is 0 Å². The lowest BCUT2D eigenvalue weighted by molar-refractivity contribution is -0.384. The average Bonchev–Trinajstić information content (AvgIpc) is 2.49. The van der Waals surface area contributed by atoms with Gasteiger partial charge in [0.15, 0.2) is 0 Å². The van der Waals surface area contributed by atoms with Crippen molar-refractivity contribution in [2.45, 2.75) is 19.8 Å². The van der Waals surface area contributed by atoms with E-state index in [-0.39, 0.29) is 17.2 Å². The van der Waals surface area contributed by atoms with Crippen LogP contribution in [0.25, 0.3) is 0 Å². The number of aliphatic imine (C=N–C) groups is 1. The normalized spacial score (nSPS) is 11.0. The van der Waals surface area contributed by atoms with Gasteiger partial charge in [0.25, 0.3) is 11.2 Å². The number of nitrogen functional groups attached to an aromatic ring is 1. The largest absolute Gasteiger partial charge is 0.369 e. The number of aromatic amines is 1. The summed E-state index contributed by atoms with van der Waals surface area (Å²) in [5, 5.41) is 10.6. The number of benzene rings is 1. The quantitative estimate of drug-likeness (QED) is 0.362. The molecule has 0 fully saturated rings. The molecule has 0 saturated heterocycles. The number of nitrogens with two attached hydrogens (primary N) is 1. The zero-order chi connectivity index (χ0) is 16.8. The van der Waals surface area contributed by atoms with Crippen LogP contribution in [0.1, 0.15) is 23.2 Å². The molecule has 0 saturated carbocycles. The van der Waals surface area contributed by atoms with Crippen LogP contribution in [0.5, 0.6) is 0 Å². The minimum atomic E-state index is -0.443. The van der Waals surface area contributed by atoms with Crippen LogP contribution in [-0.2, 0) is 6.42 Å². The molecule has 8 heteroatoms. The first-order chi connectivity index (χ1) is 11.0. The van der Waals surface area contributed by atoms with Gasteiger partial charge in [-0.1, -0.05) is 0 Å². The molecular weight excluding hydrogens is 298 g/mol. The van der Waals surface area contributed by atoms with E-state index in [1.807, 2.05) is 0 Å². The van der Waals surface area contributed by atoms with Crippen molar-refractivity contribution in [3.63, 3.8) is 0 Å². The van der Waals surface area contributed by atoms with E-state index in [1.54, 1.807) is 25.3 Å². The second kappa shape index (κ2) is 7.30. The van der Waals surface area contributed by atoms with Gasteiger partial charge in [0.1, 0.15) is 0 Å². The third kappa shape index (κ3) is 4.47. The maximum atomic E-state index is 11.8. The van der Waals surface area contributed by atoms with Crippen molar-refractivity contribution >= 4 is 17.9 Å². The predicted molar refractivity (Wildman–Crippen MR) is 87.9 cm³/mol. The maximum Gasteiger partial charge on any atom is 0.269 e. The summed E-state index contributed by atoms with van der Waals surface area (Å²) < 4.78 is 0. The Labute approximate surface area is 132 Å². The van der Waals surface area contributed by atoms with E-state index in [9.17, 15) is 14.9 Å². The Bertz CT molecular complexity index is 781. The number of anilines is 1. The first kappa shape index (κ1) is 16.3. The number of nitro groups is 1. The van der Waals surface area contributed by atoms with E-state index in [0.717, 1.165) is 5.56 Å². The number of hydrogen-bond acceptors (Lipinski definition) is 6. The van der Waals surface area contributed by atoms with Crippen molar-refractivity contribution in [2.75, 3.05) is 12.3 Å². The Hall–Kier alpha value is -3.03. The van der Waals surface area contributed by atoms with Crippen molar-refractivity contribution < 1.29 is 4.92 Å². The number of nitrogens with one attached hydrogen (secondary N) is 1. The first-order valence-electron chi connectivity index (χ1n) is 7.07. The summed E-state index contributed by atoms with van der Waals surface area (Å²) in [6, 6.07) is 6.15. The Morgan fingerprint density at radius 1 is 1.39 bits per heavy atom. The molecule has 0 spiro atoms. The van der Waals surface area contributed by atoms with Crippen LogP contribution in [0.4, 0.5) is 11.6 Å². The number of nitro benzene ring substituents is 1. The van der Waals surface area contributed by atoms with E-state index in [4.69, 9.17) is 5.73 Å². The van der Waals surface area contributed by atoms with Crippen LogP contribution >= 0.6 is 0 Å². The van der Waals surface area contributed by atoms with Gasteiger partial charge in [0.05, 0.1) is 4.92 Å². The fourth-order valence-corrected chi connectivity index (χ4v) is 2.13. The fraction of sp³-hybridized carbons (Fsp3) is 0.267. The van der Waals surface area contributed by atoms with Gasteiger partial charge in [-0.3, -0.25) is 24.9 Å².